The van der Waals surface area contributed by atoms with Crippen molar-refractivity contribution in [2.24, 2.45) is 0 Å². The first kappa shape index (κ1) is 13.4. The second-order valence-electron chi connectivity index (χ2n) is 4.47. The van der Waals surface area contributed by atoms with Gasteiger partial charge in [0.05, 0.1) is 23.1 Å². The minimum atomic E-state index is -0.615. The quantitative estimate of drug-likeness (QED) is 0.550. The van der Waals surface area contributed by atoms with E-state index in [9.17, 15) is 14.9 Å². The molecule has 1 aromatic heterocycles. The van der Waals surface area contributed by atoms with E-state index < -0.39 is 10.7 Å². The van der Waals surface area contributed by atoms with E-state index in [-0.39, 0.29) is 16.3 Å². The van der Waals surface area contributed by atoms with Crippen molar-refractivity contribution in [3.8, 4) is 0 Å². The van der Waals surface area contributed by atoms with Gasteiger partial charge in [-0.25, -0.2) is 4.79 Å². The molecule has 0 saturated heterocycles. The van der Waals surface area contributed by atoms with Crippen LogP contribution in [0.15, 0.2) is 51.7 Å². The molecule has 0 atom stereocenters. The van der Waals surface area contributed by atoms with E-state index >= 15 is 0 Å². The minimum Gasteiger partial charge on any atom is -0.407 e. The van der Waals surface area contributed by atoms with Crippen molar-refractivity contribution in [3.63, 3.8) is 0 Å². The van der Waals surface area contributed by atoms with E-state index in [4.69, 9.17) is 16.0 Å². The summed E-state index contributed by atoms with van der Waals surface area (Å²) in [5, 5.41) is 10.8. The minimum absolute atomic E-state index is 0.0323. The normalized spacial score (nSPS) is 10.9. The lowest BCUT2D eigenvalue weighted by molar-refractivity contribution is -0.384. The largest absolute Gasteiger partial charge is 0.420 e. The maximum atomic E-state index is 11.9. The summed E-state index contributed by atoms with van der Waals surface area (Å²) in [4.78, 5) is 22.1. The zero-order chi connectivity index (χ0) is 15.0. The van der Waals surface area contributed by atoms with Crippen LogP contribution in [-0.2, 0) is 6.54 Å². The van der Waals surface area contributed by atoms with Crippen molar-refractivity contribution >= 4 is 28.4 Å². The Bertz CT molecular complexity index is 883. The Morgan fingerprint density at radius 2 is 1.95 bits per heavy atom. The van der Waals surface area contributed by atoms with Crippen LogP contribution in [0, 0.1) is 10.1 Å². The highest BCUT2D eigenvalue weighted by molar-refractivity contribution is 6.33. The van der Waals surface area contributed by atoms with Crippen molar-refractivity contribution in [1.29, 1.82) is 0 Å². The molecule has 0 fully saturated rings. The van der Waals surface area contributed by atoms with E-state index in [0.717, 1.165) is 5.56 Å². The maximum Gasteiger partial charge on any atom is 0.420 e. The summed E-state index contributed by atoms with van der Waals surface area (Å²) >= 11 is 5.88. The molecule has 2 aromatic carbocycles. The number of halogens is 1. The summed E-state index contributed by atoms with van der Waals surface area (Å²) in [6.07, 6.45) is 0. The molecule has 0 aliphatic rings. The Morgan fingerprint density at radius 1 is 1.24 bits per heavy atom. The smallest absolute Gasteiger partial charge is 0.407 e. The molecule has 3 aromatic rings. The zero-order valence-corrected chi connectivity index (χ0v) is 11.4. The third kappa shape index (κ3) is 2.41. The maximum absolute atomic E-state index is 11.9. The molecule has 3 rings (SSSR count). The fourth-order valence-corrected chi connectivity index (χ4v) is 2.35. The molecule has 7 heteroatoms. The summed E-state index contributed by atoms with van der Waals surface area (Å²) in [5.74, 6) is -0.578. The van der Waals surface area contributed by atoms with E-state index in [1.54, 1.807) is 0 Å². The average molecular weight is 305 g/mol. The molecule has 6 nitrogen and oxygen atoms in total. The number of nitro groups is 1. The first-order valence-electron chi connectivity index (χ1n) is 6.07. The van der Waals surface area contributed by atoms with Gasteiger partial charge < -0.3 is 4.42 Å². The number of fused-ring (bicyclic) bond motifs is 1. The third-order valence-corrected chi connectivity index (χ3v) is 3.42. The molecule has 0 amide bonds. The van der Waals surface area contributed by atoms with Crippen LogP contribution in [0.5, 0.6) is 0 Å². The highest BCUT2D eigenvalue weighted by Gasteiger charge is 2.18. The van der Waals surface area contributed by atoms with Gasteiger partial charge >= 0.3 is 5.76 Å². The topological polar surface area (TPSA) is 78.3 Å². The van der Waals surface area contributed by atoms with E-state index in [2.05, 4.69) is 0 Å². The Labute approximate surface area is 123 Å². The molecule has 1 heterocycles. The van der Waals surface area contributed by atoms with E-state index in [1.165, 1.54) is 16.7 Å². The molecule has 0 aliphatic carbocycles. The monoisotopic (exact) mass is 304 g/mol. The van der Waals surface area contributed by atoms with Crippen LogP contribution in [-0.4, -0.2) is 9.49 Å². The van der Waals surface area contributed by atoms with Gasteiger partial charge in [-0.15, -0.1) is 0 Å². The SMILES string of the molecule is O=c1oc2cc([N+](=O)[O-])c(Cl)cc2n1Cc1ccccc1. The summed E-state index contributed by atoms with van der Waals surface area (Å²) in [5.41, 5.74) is 1.20. The standard InChI is InChI=1S/C14H9ClN2O4/c15-10-6-12-13(7-11(10)17(19)20)21-14(18)16(12)8-9-4-2-1-3-5-9/h1-7H,8H2. The van der Waals surface area contributed by atoms with Gasteiger partial charge in [-0.1, -0.05) is 41.9 Å². The van der Waals surface area contributed by atoms with Crippen LogP contribution in [0.2, 0.25) is 5.02 Å². The average Bonchev–Trinajstić information content (AvgIpc) is 2.75. The number of oxazole rings is 1. The fourth-order valence-electron chi connectivity index (χ4n) is 2.13. The summed E-state index contributed by atoms with van der Waals surface area (Å²) in [6.45, 7) is 0.306. The van der Waals surface area contributed by atoms with Crippen molar-refractivity contribution in [1.82, 2.24) is 4.57 Å². The molecule has 0 bridgehead atoms. The van der Waals surface area contributed by atoms with Crippen LogP contribution >= 0.6 is 11.6 Å². The Morgan fingerprint density at radius 3 is 2.62 bits per heavy atom. The van der Waals surface area contributed by atoms with Crippen LogP contribution in [0.25, 0.3) is 11.1 Å². The van der Waals surface area contributed by atoms with Gasteiger partial charge in [0.15, 0.2) is 5.58 Å². The number of nitro benzene ring substituents is 1. The van der Waals surface area contributed by atoms with Gasteiger partial charge in [-0.2, -0.15) is 0 Å². The van der Waals surface area contributed by atoms with Gasteiger partial charge in [0.1, 0.15) is 5.02 Å². The van der Waals surface area contributed by atoms with Crippen LogP contribution < -0.4 is 5.76 Å². The van der Waals surface area contributed by atoms with Crippen molar-refractivity contribution in [2.45, 2.75) is 6.54 Å². The van der Waals surface area contributed by atoms with Gasteiger partial charge in [0.2, 0.25) is 0 Å². The molecule has 21 heavy (non-hydrogen) atoms. The molecule has 0 N–H and O–H groups in total. The first-order valence-corrected chi connectivity index (χ1v) is 6.45. The lowest BCUT2D eigenvalue weighted by Gasteiger charge is -2.02. The molecule has 106 valence electrons. The summed E-state index contributed by atoms with van der Waals surface area (Å²) in [6, 6.07) is 11.9. The third-order valence-electron chi connectivity index (χ3n) is 3.12. The lowest BCUT2D eigenvalue weighted by atomic mass is 10.2. The highest BCUT2D eigenvalue weighted by Crippen LogP contribution is 2.29. The Hall–Kier alpha value is -2.60. The second kappa shape index (κ2) is 5.06. The molecule has 0 aliphatic heterocycles. The number of hydrogen-bond acceptors (Lipinski definition) is 4. The lowest BCUT2D eigenvalue weighted by Crippen LogP contribution is -2.14. The van der Waals surface area contributed by atoms with E-state index in [0.29, 0.717) is 12.1 Å². The molecule has 0 radical (unpaired) electrons. The summed E-state index contributed by atoms with van der Waals surface area (Å²) in [7, 11) is 0. The number of hydrogen-bond donors (Lipinski definition) is 0. The van der Waals surface area contributed by atoms with Crippen LogP contribution in [0.4, 0.5) is 5.69 Å². The van der Waals surface area contributed by atoms with Gasteiger partial charge in [-0.3, -0.25) is 14.7 Å². The molecular formula is C14H9ClN2O4. The van der Waals surface area contributed by atoms with E-state index in [1.807, 2.05) is 30.3 Å². The molecule has 0 spiro atoms. The number of benzene rings is 2. The second-order valence-corrected chi connectivity index (χ2v) is 4.88. The molecular weight excluding hydrogens is 296 g/mol. The predicted molar refractivity (Wildman–Crippen MR) is 77.7 cm³/mol. The Kier molecular flexibility index (Phi) is 3.23. The molecule has 0 unspecified atom stereocenters. The van der Waals surface area contributed by atoms with Crippen molar-refractivity contribution < 1.29 is 9.34 Å². The first-order chi connectivity index (χ1) is 10.1. The number of rotatable bonds is 3. The van der Waals surface area contributed by atoms with Crippen LogP contribution in [0.3, 0.4) is 0 Å². The van der Waals surface area contributed by atoms with Gasteiger partial charge in [-0.05, 0) is 11.6 Å². The van der Waals surface area contributed by atoms with Crippen LogP contribution in [0.1, 0.15) is 5.56 Å². The molecule has 0 saturated carbocycles. The highest BCUT2D eigenvalue weighted by atomic mass is 35.5. The number of aromatic nitrogens is 1. The van der Waals surface area contributed by atoms with Gasteiger partial charge in [0, 0.05) is 0 Å². The Balaban J connectivity index is 2.16. The summed E-state index contributed by atoms with van der Waals surface area (Å²) < 4.78 is 6.45. The fraction of sp³-hybridized carbons (Fsp3) is 0.0714. The number of nitrogens with zero attached hydrogens (tertiary/aromatic N) is 2. The predicted octanol–water partition coefficient (Wildman–Crippen LogP) is 3.20. The van der Waals surface area contributed by atoms with Crippen molar-refractivity contribution in [3.05, 3.63) is 73.7 Å². The van der Waals surface area contributed by atoms with Gasteiger partial charge in [0.25, 0.3) is 5.69 Å². The zero-order valence-electron chi connectivity index (χ0n) is 10.7. The van der Waals surface area contributed by atoms with Crippen molar-refractivity contribution in [2.75, 3.05) is 0 Å².